The van der Waals surface area contributed by atoms with Gasteiger partial charge in [0, 0.05) is 11.8 Å². The first-order valence-corrected chi connectivity index (χ1v) is 7.09. The average Bonchev–Trinajstić information content (AvgIpc) is 2.95. The second-order valence-corrected chi connectivity index (χ2v) is 5.81. The Morgan fingerprint density at radius 3 is 2.85 bits per heavy atom. The maximum Gasteiger partial charge on any atom is 0.265 e. The number of rotatable bonds is 4. The van der Waals surface area contributed by atoms with E-state index in [1.807, 2.05) is 0 Å². The maximum absolute atomic E-state index is 12.0. The van der Waals surface area contributed by atoms with Crippen LogP contribution in [0.1, 0.15) is 5.56 Å². The Morgan fingerprint density at radius 1 is 1.50 bits per heavy atom. The van der Waals surface area contributed by atoms with Gasteiger partial charge in [-0.2, -0.15) is 5.10 Å². The summed E-state index contributed by atoms with van der Waals surface area (Å²) in [6.07, 6.45) is 2.38. The Morgan fingerprint density at radius 2 is 2.25 bits per heavy atom. The molecular formula is C10H10ClN5O3S. The van der Waals surface area contributed by atoms with Crippen LogP contribution in [0.25, 0.3) is 0 Å². The molecule has 0 saturated carbocycles. The van der Waals surface area contributed by atoms with Gasteiger partial charge < -0.3 is 10.9 Å². The first-order chi connectivity index (χ1) is 9.44. The van der Waals surface area contributed by atoms with Crippen molar-refractivity contribution in [1.82, 2.24) is 10.2 Å². The zero-order valence-corrected chi connectivity index (χ0v) is 11.5. The van der Waals surface area contributed by atoms with Crippen LogP contribution >= 0.6 is 11.6 Å². The molecule has 1 heterocycles. The normalized spacial score (nSPS) is 12.3. The van der Waals surface area contributed by atoms with E-state index in [0.29, 0.717) is 5.56 Å². The molecule has 0 saturated heterocycles. The number of nitrogens with one attached hydrogen (secondary N) is 2. The zero-order valence-electron chi connectivity index (χ0n) is 9.91. The molecule has 0 aliphatic carbocycles. The van der Waals surface area contributed by atoms with Gasteiger partial charge in [-0.05, 0) is 18.2 Å². The molecule has 0 fully saturated rings. The van der Waals surface area contributed by atoms with Gasteiger partial charge in [0.15, 0.2) is 5.84 Å². The summed E-state index contributed by atoms with van der Waals surface area (Å²) >= 11 is 5.92. The molecule has 10 heteroatoms. The summed E-state index contributed by atoms with van der Waals surface area (Å²) in [5.74, 6) is -0.162. The van der Waals surface area contributed by atoms with Gasteiger partial charge in [-0.15, -0.1) is 0 Å². The molecule has 0 aliphatic rings. The van der Waals surface area contributed by atoms with Crippen LogP contribution in [0.4, 0.5) is 5.69 Å². The number of hydrogen-bond donors (Lipinski definition) is 4. The third-order valence-corrected chi connectivity index (χ3v) is 4.06. The molecule has 0 unspecified atom stereocenters. The highest BCUT2D eigenvalue weighted by Gasteiger charge is 2.17. The quantitative estimate of drug-likeness (QED) is 0.288. The van der Waals surface area contributed by atoms with Crippen molar-refractivity contribution in [3.8, 4) is 0 Å². The van der Waals surface area contributed by atoms with Gasteiger partial charge in [0.25, 0.3) is 10.0 Å². The van der Waals surface area contributed by atoms with Gasteiger partial charge >= 0.3 is 0 Å². The van der Waals surface area contributed by atoms with Gasteiger partial charge in [-0.3, -0.25) is 9.82 Å². The Hall–Kier alpha value is -2.26. The standard InChI is InChI=1S/C10H10ClN5O3S/c11-8-2-1-6(10(12)15-17)3-9(8)16-20(18,19)7-4-13-14-5-7/h1-5,16-17H,(H2,12,15)(H,13,14). The van der Waals surface area contributed by atoms with Crippen molar-refractivity contribution in [2.75, 3.05) is 4.72 Å². The molecule has 5 N–H and O–H groups in total. The van der Waals surface area contributed by atoms with Crippen molar-refractivity contribution in [2.45, 2.75) is 4.90 Å². The molecule has 0 atom stereocenters. The van der Waals surface area contributed by atoms with Crippen molar-refractivity contribution >= 4 is 33.1 Å². The molecule has 0 amide bonds. The number of sulfonamides is 1. The van der Waals surface area contributed by atoms with E-state index in [4.69, 9.17) is 22.5 Å². The summed E-state index contributed by atoms with van der Waals surface area (Å²) in [6, 6.07) is 4.28. The number of H-pyrrole nitrogens is 1. The first kappa shape index (κ1) is 14.2. The van der Waals surface area contributed by atoms with Crippen molar-refractivity contribution in [2.24, 2.45) is 10.9 Å². The number of nitrogens with zero attached hydrogens (tertiary/aromatic N) is 2. The summed E-state index contributed by atoms with van der Waals surface area (Å²) in [5.41, 5.74) is 5.87. The fraction of sp³-hybridized carbons (Fsp3) is 0. The van der Waals surface area contributed by atoms with Crippen LogP contribution < -0.4 is 10.5 Å². The number of nitrogens with two attached hydrogens (primary N) is 1. The third-order valence-electron chi connectivity index (χ3n) is 2.40. The van der Waals surface area contributed by atoms with Crippen LogP contribution in [0.5, 0.6) is 0 Å². The van der Waals surface area contributed by atoms with Gasteiger partial charge in [-0.25, -0.2) is 8.42 Å². The van der Waals surface area contributed by atoms with Crippen LogP contribution in [-0.2, 0) is 10.0 Å². The van der Waals surface area contributed by atoms with Crippen molar-refractivity contribution < 1.29 is 13.6 Å². The molecule has 20 heavy (non-hydrogen) atoms. The number of oxime groups is 1. The lowest BCUT2D eigenvalue weighted by Gasteiger charge is -2.09. The minimum absolute atomic E-state index is 0.0391. The smallest absolute Gasteiger partial charge is 0.265 e. The number of aromatic amines is 1. The number of aromatic nitrogens is 2. The highest BCUT2D eigenvalue weighted by molar-refractivity contribution is 7.92. The lowest BCUT2D eigenvalue weighted by molar-refractivity contribution is 0.318. The third kappa shape index (κ3) is 2.83. The summed E-state index contributed by atoms with van der Waals surface area (Å²) in [4.78, 5) is -0.0391. The number of halogens is 1. The fourth-order valence-electron chi connectivity index (χ4n) is 1.41. The molecule has 0 radical (unpaired) electrons. The molecule has 2 aromatic rings. The predicted molar refractivity (Wildman–Crippen MR) is 73.4 cm³/mol. The molecule has 8 nitrogen and oxygen atoms in total. The summed E-state index contributed by atoms with van der Waals surface area (Å²) < 4.78 is 26.3. The lowest BCUT2D eigenvalue weighted by Crippen LogP contribution is -2.16. The van der Waals surface area contributed by atoms with E-state index in [-0.39, 0.29) is 21.4 Å². The summed E-state index contributed by atoms with van der Waals surface area (Å²) in [6.45, 7) is 0. The van der Waals surface area contributed by atoms with Gasteiger partial charge in [0.05, 0.1) is 16.9 Å². The molecule has 0 bridgehead atoms. The first-order valence-electron chi connectivity index (χ1n) is 5.23. The Labute approximate surface area is 119 Å². The van der Waals surface area contributed by atoms with Crippen LogP contribution in [0, 0.1) is 0 Å². The van der Waals surface area contributed by atoms with Gasteiger partial charge in [-0.1, -0.05) is 16.8 Å². The van der Waals surface area contributed by atoms with E-state index in [2.05, 4.69) is 20.1 Å². The Balaban J connectivity index is 2.39. The maximum atomic E-state index is 12.0. The number of amidine groups is 1. The van der Waals surface area contributed by atoms with E-state index in [1.54, 1.807) is 0 Å². The largest absolute Gasteiger partial charge is 0.409 e. The highest BCUT2D eigenvalue weighted by Crippen LogP contribution is 2.25. The van der Waals surface area contributed by atoms with Crippen LogP contribution in [0.2, 0.25) is 5.02 Å². The molecule has 1 aromatic carbocycles. The van der Waals surface area contributed by atoms with E-state index in [0.717, 1.165) is 6.20 Å². The molecule has 106 valence electrons. The van der Waals surface area contributed by atoms with Crippen LogP contribution in [0.3, 0.4) is 0 Å². The molecular weight excluding hydrogens is 306 g/mol. The van der Waals surface area contributed by atoms with E-state index < -0.39 is 10.0 Å². The number of benzene rings is 1. The SMILES string of the molecule is N/C(=N/O)c1ccc(Cl)c(NS(=O)(=O)c2cn[nH]c2)c1. The van der Waals surface area contributed by atoms with E-state index in [9.17, 15) is 8.42 Å². The minimum Gasteiger partial charge on any atom is -0.409 e. The Bertz CT molecular complexity index is 742. The topological polar surface area (TPSA) is 133 Å². The monoisotopic (exact) mass is 315 g/mol. The predicted octanol–water partition coefficient (Wildman–Crippen LogP) is 0.958. The van der Waals surface area contributed by atoms with Crippen LogP contribution in [0.15, 0.2) is 40.6 Å². The van der Waals surface area contributed by atoms with Crippen molar-refractivity contribution in [3.63, 3.8) is 0 Å². The molecule has 0 aliphatic heterocycles. The fourth-order valence-corrected chi connectivity index (χ4v) is 2.61. The average molecular weight is 316 g/mol. The van der Waals surface area contributed by atoms with Gasteiger partial charge in [0.1, 0.15) is 4.90 Å². The van der Waals surface area contributed by atoms with Crippen molar-refractivity contribution in [3.05, 3.63) is 41.2 Å². The van der Waals surface area contributed by atoms with E-state index in [1.165, 1.54) is 24.4 Å². The van der Waals surface area contributed by atoms with E-state index >= 15 is 0 Å². The summed E-state index contributed by atoms with van der Waals surface area (Å²) in [5, 5.41) is 17.6. The molecule has 2 rings (SSSR count). The van der Waals surface area contributed by atoms with Crippen LogP contribution in [-0.4, -0.2) is 29.7 Å². The molecule has 0 spiro atoms. The zero-order chi connectivity index (χ0) is 14.8. The molecule has 1 aromatic heterocycles. The number of anilines is 1. The second kappa shape index (κ2) is 5.39. The number of hydrogen-bond acceptors (Lipinski definition) is 5. The minimum atomic E-state index is -3.81. The summed E-state index contributed by atoms with van der Waals surface area (Å²) in [7, 11) is -3.81. The van der Waals surface area contributed by atoms with Crippen molar-refractivity contribution in [1.29, 1.82) is 0 Å². The second-order valence-electron chi connectivity index (χ2n) is 3.72. The lowest BCUT2D eigenvalue weighted by atomic mass is 10.2. The Kier molecular flexibility index (Phi) is 3.81. The highest BCUT2D eigenvalue weighted by atomic mass is 35.5. The van der Waals surface area contributed by atoms with Gasteiger partial charge in [0.2, 0.25) is 0 Å².